The molecule has 2 atom stereocenters. The van der Waals surface area contributed by atoms with Crippen molar-refractivity contribution in [2.45, 2.75) is 25.0 Å². The van der Waals surface area contributed by atoms with Gasteiger partial charge in [-0.15, -0.1) is 0 Å². The van der Waals surface area contributed by atoms with Gasteiger partial charge in [-0.25, -0.2) is 4.39 Å². The topological polar surface area (TPSA) is 50.8 Å². The van der Waals surface area contributed by atoms with Crippen LogP contribution in [-0.2, 0) is 4.74 Å². The van der Waals surface area contributed by atoms with Crippen molar-refractivity contribution in [3.05, 3.63) is 35.6 Å². The van der Waals surface area contributed by atoms with Crippen molar-refractivity contribution in [2.75, 3.05) is 19.7 Å². The Morgan fingerprint density at radius 3 is 2.84 bits per heavy atom. The summed E-state index contributed by atoms with van der Waals surface area (Å²) in [7, 11) is 0. The van der Waals surface area contributed by atoms with Crippen LogP contribution >= 0.6 is 0 Å². The van der Waals surface area contributed by atoms with Gasteiger partial charge in [0.05, 0.1) is 18.7 Å². The number of aliphatic imine (C=N–C) groups is 1. The van der Waals surface area contributed by atoms with Crippen LogP contribution in [0.25, 0.3) is 0 Å². The van der Waals surface area contributed by atoms with E-state index < -0.39 is 0 Å². The molecule has 2 heterocycles. The van der Waals surface area contributed by atoms with Gasteiger partial charge in [0, 0.05) is 13.2 Å². The van der Waals surface area contributed by atoms with Gasteiger partial charge in [0.25, 0.3) is 0 Å². The third-order valence-corrected chi connectivity index (χ3v) is 3.78. The lowest BCUT2D eigenvalue weighted by atomic mass is 10.1. The predicted molar refractivity (Wildman–Crippen MR) is 71.3 cm³/mol. The Labute approximate surface area is 112 Å². The van der Waals surface area contributed by atoms with Crippen molar-refractivity contribution in [1.82, 2.24) is 4.90 Å². The van der Waals surface area contributed by atoms with Crippen molar-refractivity contribution in [3.63, 3.8) is 0 Å². The highest BCUT2D eigenvalue weighted by Crippen LogP contribution is 2.27. The highest BCUT2D eigenvalue weighted by Gasteiger charge is 2.30. The van der Waals surface area contributed by atoms with E-state index in [1.807, 2.05) is 0 Å². The lowest BCUT2D eigenvalue weighted by molar-refractivity contribution is 0.0853. The Kier molecular flexibility index (Phi) is 3.38. The fourth-order valence-corrected chi connectivity index (χ4v) is 2.73. The number of guanidine groups is 1. The normalized spacial score (nSPS) is 26.8. The summed E-state index contributed by atoms with van der Waals surface area (Å²) in [5.41, 5.74) is 7.01. The number of nitrogens with zero attached hydrogens (tertiary/aromatic N) is 2. The zero-order chi connectivity index (χ0) is 13.2. The van der Waals surface area contributed by atoms with Gasteiger partial charge in [-0.3, -0.25) is 4.99 Å². The molecule has 0 aliphatic carbocycles. The molecule has 0 amide bonds. The minimum absolute atomic E-state index is 0.102. The fourth-order valence-electron chi connectivity index (χ4n) is 2.73. The summed E-state index contributed by atoms with van der Waals surface area (Å²) in [4.78, 5) is 6.38. The molecule has 19 heavy (non-hydrogen) atoms. The van der Waals surface area contributed by atoms with Crippen molar-refractivity contribution >= 4 is 5.96 Å². The van der Waals surface area contributed by atoms with E-state index >= 15 is 0 Å². The molecular weight excluding hydrogens is 245 g/mol. The van der Waals surface area contributed by atoms with Crippen LogP contribution in [0.5, 0.6) is 0 Å². The summed E-state index contributed by atoms with van der Waals surface area (Å²) in [5, 5.41) is 0. The third kappa shape index (κ3) is 2.56. The van der Waals surface area contributed by atoms with E-state index in [0.717, 1.165) is 31.6 Å². The molecule has 0 aromatic heterocycles. The predicted octanol–water partition coefficient (Wildman–Crippen LogP) is 1.68. The lowest BCUT2D eigenvalue weighted by Gasteiger charge is -2.28. The molecule has 2 aliphatic rings. The first-order valence-corrected chi connectivity index (χ1v) is 6.67. The monoisotopic (exact) mass is 263 g/mol. The maximum Gasteiger partial charge on any atom is 0.192 e. The summed E-state index contributed by atoms with van der Waals surface area (Å²) in [6, 6.07) is 6.67. The first kappa shape index (κ1) is 12.4. The van der Waals surface area contributed by atoms with Crippen LogP contribution in [0.2, 0.25) is 0 Å². The Balaban J connectivity index is 1.75. The quantitative estimate of drug-likeness (QED) is 0.902. The molecule has 1 fully saturated rings. The number of rotatable bonds is 3. The minimum Gasteiger partial charge on any atom is -0.376 e. The molecule has 4 nitrogen and oxygen atoms in total. The highest BCUT2D eigenvalue weighted by atomic mass is 19.1. The molecule has 2 unspecified atom stereocenters. The molecule has 5 heteroatoms. The standard InChI is InChI=1S/C14H18FN3O/c15-11-5-3-10(4-6-11)13-8-17-14(16)18(13)9-12-2-1-7-19-12/h3-6,12-13H,1-2,7-9H2,(H2,16,17). The molecule has 2 N–H and O–H groups in total. The molecule has 0 radical (unpaired) electrons. The van der Waals surface area contributed by atoms with Crippen molar-refractivity contribution in [2.24, 2.45) is 10.7 Å². The van der Waals surface area contributed by atoms with Gasteiger partial charge < -0.3 is 15.4 Å². The summed E-state index contributed by atoms with van der Waals surface area (Å²) in [6.45, 7) is 2.22. The van der Waals surface area contributed by atoms with Crippen LogP contribution < -0.4 is 5.73 Å². The lowest BCUT2D eigenvalue weighted by Crippen LogP contribution is -2.41. The highest BCUT2D eigenvalue weighted by molar-refractivity contribution is 5.80. The van der Waals surface area contributed by atoms with Crippen LogP contribution in [0.4, 0.5) is 4.39 Å². The average molecular weight is 263 g/mol. The summed E-state index contributed by atoms with van der Waals surface area (Å²) < 4.78 is 18.6. The maximum absolute atomic E-state index is 13.0. The maximum atomic E-state index is 13.0. The molecule has 1 saturated heterocycles. The molecule has 0 spiro atoms. The second-order valence-electron chi connectivity index (χ2n) is 5.05. The Morgan fingerprint density at radius 1 is 1.37 bits per heavy atom. The van der Waals surface area contributed by atoms with Gasteiger partial charge in [-0.2, -0.15) is 0 Å². The summed E-state index contributed by atoms with van der Waals surface area (Å²) >= 11 is 0. The molecule has 0 saturated carbocycles. The molecular formula is C14H18FN3O. The van der Waals surface area contributed by atoms with E-state index in [1.165, 1.54) is 12.1 Å². The van der Waals surface area contributed by atoms with Gasteiger partial charge in [0.15, 0.2) is 5.96 Å². The molecule has 1 aromatic carbocycles. The van der Waals surface area contributed by atoms with Crippen molar-refractivity contribution in [1.29, 1.82) is 0 Å². The van der Waals surface area contributed by atoms with Gasteiger partial charge in [0.1, 0.15) is 5.82 Å². The number of hydrogen-bond donors (Lipinski definition) is 1. The first-order chi connectivity index (χ1) is 9.24. The third-order valence-electron chi connectivity index (χ3n) is 3.78. The van der Waals surface area contributed by atoms with Gasteiger partial charge >= 0.3 is 0 Å². The molecule has 0 bridgehead atoms. The Bertz CT molecular complexity index is 468. The SMILES string of the molecule is NC1=NCC(c2ccc(F)cc2)N1CC1CCCO1. The van der Waals surface area contributed by atoms with Crippen LogP contribution in [0.3, 0.4) is 0 Å². The van der Waals surface area contributed by atoms with Crippen LogP contribution in [0.15, 0.2) is 29.3 Å². The molecule has 2 aliphatic heterocycles. The zero-order valence-corrected chi connectivity index (χ0v) is 10.8. The number of benzene rings is 1. The minimum atomic E-state index is -0.221. The van der Waals surface area contributed by atoms with E-state index in [2.05, 4.69) is 9.89 Å². The van der Waals surface area contributed by atoms with Crippen LogP contribution in [-0.4, -0.2) is 36.7 Å². The number of halogens is 1. The average Bonchev–Trinajstić information content (AvgIpc) is 3.03. The Hall–Kier alpha value is -1.62. The van der Waals surface area contributed by atoms with E-state index in [0.29, 0.717) is 12.5 Å². The second-order valence-corrected chi connectivity index (χ2v) is 5.05. The number of nitrogens with two attached hydrogens (primary N) is 1. The summed E-state index contributed by atoms with van der Waals surface area (Å²) in [5.74, 6) is 0.339. The van der Waals surface area contributed by atoms with E-state index in [-0.39, 0.29) is 18.0 Å². The van der Waals surface area contributed by atoms with Gasteiger partial charge in [-0.05, 0) is 30.5 Å². The summed E-state index contributed by atoms with van der Waals surface area (Å²) in [6.07, 6.45) is 2.41. The van der Waals surface area contributed by atoms with Crippen molar-refractivity contribution in [3.8, 4) is 0 Å². The molecule has 1 aromatic rings. The molecule has 102 valence electrons. The number of hydrogen-bond acceptors (Lipinski definition) is 4. The van der Waals surface area contributed by atoms with Crippen LogP contribution in [0, 0.1) is 5.82 Å². The van der Waals surface area contributed by atoms with Gasteiger partial charge in [0.2, 0.25) is 0 Å². The van der Waals surface area contributed by atoms with Crippen molar-refractivity contribution < 1.29 is 9.13 Å². The number of ether oxygens (including phenoxy) is 1. The first-order valence-electron chi connectivity index (χ1n) is 6.67. The van der Waals surface area contributed by atoms with E-state index in [4.69, 9.17) is 10.5 Å². The van der Waals surface area contributed by atoms with E-state index in [9.17, 15) is 4.39 Å². The van der Waals surface area contributed by atoms with Gasteiger partial charge in [-0.1, -0.05) is 12.1 Å². The largest absolute Gasteiger partial charge is 0.376 e. The van der Waals surface area contributed by atoms with Crippen LogP contribution in [0.1, 0.15) is 24.4 Å². The van der Waals surface area contributed by atoms with E-state index in [1.54, 1.807) is 12.1 Å². The fraction of sp³-hybridized carbons (Fsp3) is 0.500. The zero-order valence-electron chi connectivity index (χ0n) is 10.8. The Morgan fingerprint density at radius 2 is 2.16 bits per heavy atom. The molecule has 3 rings (SSSR count). The second kappa shape index (κ2) is 5.17. The smallest absolute Gasteiger partial charge is 0.192 e.